The van der Waals surface area contributed by atoms with E-state index in [1.807, 2.05) is 39.0 Å². The Bertz CT molecular complexity index is 1450. The number of rotatable bonds is 5. The van der Waals surface area contributed by atoms with Crippen LogP contribution in [0.15, 0.2) is 54.7 Å². The number of ether oxygens (including phenoxy) is 1. The molecule has 4 aromatic rings. The molecule has 1 aliphatic heterocycles. The van der Waals surface area contributed by atoms with Crippen LogP contribution in [0.2, 0.25) is 5.02 Å². The van der Waals surface area contributed by atoms with Crippen molar-refractivity contribution in [3.05, 3.63) is 76.8 Å². The molecule has 5 rings (SSSR count). The topological polar surface area (TPSA) is 83.1 Å². The summed E-state index contributed by atoms with van der Waals surface area (Å²) in [7, 11) is 0. The van der Waals surface area contributed by atoms with Gasteiger partial charge >= 0.3 is 6.09 Å². The van der Waals surface area contributed by atoms with Crippen LogP contribution in [-0.2, 0) is 11.3 Å². The zero-order valence-corrected chi connectivity index (χ0v) is 22.5. The number of carbonyl (C=O) groups is 1. The monoisotopic (exact) mass is 535 g/mol. The van der Waals surface area contributed by atoms with Crippen LogP contribution in [0.1, 0.15) is 50.8 Å². The van der Waals surface area contributed by atoms with Crippen LogP contribution in [0.4, 0.5) is 15.0 Å². The first-order valence-corrected chi connectivity index (χ1v) is 13.1. The second kappa shape index (κ2) is 10.6. The van der Waals surface area contributed by atoms with Crippen LogP contribution < -0.4 is 5.32 Å². The molecule has 1 unspecified atom stereocenters. The van der Waals surface area contributed by atoms with E-state index in [-0.39, 0.29) is 17.8 Å². The number of aromatic amines is 1. The standard InChI is InChI=1S/C29H31ClFN5O2/c1-29(2,3)38-28(37)36-14-4-5-19(17-36)24-15-22-21(12-13-32-27(22)34-24)26-23(30)10-11-25(35-26)33-16-18-6-8-20(31)9-7-18/h6-13,15,19H,4-5,14,16-17H2,1-3H3,(H,32,34)(H,33,35). The molecule has 0 saturated carbocycles. The van der Waals surface area contributed by atoms with Crippen LogP contribution in [0, 0.1) is 5.82 Å². The second-order valence-corrected chi connectivity index (χ2v) is 11.0. The Hall–Kier alpha value is -3.65. The van der Waals surface area contributed by atoms with Gasteiger partial charge in [-0.25, -0.2) is 19.2 Å². The maximum Gasteiger partial charge on any atom is 0.410 e. The summed E-state index contributed by atoms with van der Waals surface area (Å²) in [5.41, 5.74) is 3.70. The maximum absolute atomic E-state index is 13.2. The third-order valence-corrected chi connectivity index (χ3v) is 6.86. The summed E-state index contributed by atoms with van der Waals surface area (Å²) in [5.74, 6) is 0.541. The molecular formula is C29H31ClFN5O2. The highest BCUT2D eigenvalue weighted by molar-refractivity contribution is 6.33. The molecule has 0 radical (unpaired) electrons. The number of benzene rings is 1. The minimum absolute atomic E-state index is 0.144. The molecule has 1 aromatic carbocycles. The van der Waals surface area contributed by atoms with Crippen molar-refractivity contribution in [3.8, 4) is 11.3 Å². The summed E-state index contributed by atoms with van der Waals surface area (Å²) >= 11 is 6.61. The Morgan fingerprint density at radius 3 is 2.76 bits per heavy atom. The van der Waals surface area contributed by atoms with E-state index in [0.29, 0.717) is 36.2 Å². The minimum Gasteiger partial charge on any atom is -0.444 e. The normalized spacial score (nSPS) is 16.0. The number of amides is 1. The molecule has 4 heterocycles. The lowest BCUT2D eigenvalue weighted by molar-refractivity contribution is 0.0197. The Labute approximate surface area is 226 Å². The smallest absolute Gasteiger partial charge is 0.410 e. The summed E-state index contributed by atoms with van der Waals surface area (Å²) in [6.45, 7) is 7.41. The summed E-state index contributed by atoms with van der Waals surface area (Å²) in [6, 6.07) is 14.0. The Morgan fingerprint density at radius 1 is 1.21 bits per heavy atom. The van der Waals surface area contributed by atoms with Crippen molar-refractivity contribution in [2.24, 2.45) is 0 Å². The molecule has 0 spiro atoms. The molecular weight excluding hydrogens is 505 g/mol. The van der Waals surface area contributed by atoms with Gasteiger partial charge in [-0.2, -0.15) is 0 Å². The van der Waals surface area contributed by atoms with Gasteiger partial charge in [-0.15, -0.1) is 0 Å². The fourth-order valence-corrected chi connectivity index (χ4v) is 4.93. The van der Waals surface area contributed by atoms with Gasteiger partial charge in [0.25, 0.3) is 0 Å². The van der Waals surface area contributed by atoms with Gasteiger partial charge in [0.1, 0.15) is 22.9 Å². The van der Waals surface area contributed by atoms with E-state index in [1.54, 1.807) is 23.2 Å². The van der Waals surface area contributed by atoms with Gasteiger partial charge in [0.15, 0.2) is 0 Å². The van der Waals surface area contributed by atoms with Crippen molar-refractivity contribution in [3.63, 3.8) is 0 Å². The van der Waals surface area contributed by atoms with Crippen molar-refractivity contribution >= 4 is 34.5 Å². The van der Waals surface area contributed by atoms with E-state index in [4.69, 9.17) is 21.3 Å². The van der Waals surface area contributed by atoms with Gasteiger partial charge in [0, 0.05) is 48.4 Å². The number of halogens is 2. The number of pyridine rings is 2. The van der Waals surface area contributed by atoms with Gasteiger partial charge < -0.3 is 19.9 Å². The van der Waals surface area contributed by atoms with Gasteiger partial charge in [0.2, 0.25) is 0 Å². The fraction of sp³-hybridized carbons (Fsp3) is 0.345. The van der Waals surface area contributed by atoms with Crippen LogP contribution in [-0.4, -0.2) is 44.6 Å². The summed E-state index contributed by atoms with van der Waals surface area (Å²) < 4.78 is 18.8. The average molecular weight is 536 g/mol. The lowest BCUT2D eigenvalue weighted by Crippen LogP contribution is -2.42. The molecule has 1 aliphatic rings. The average Bonchev–Trinajstić information content (AvgIpc) is 3.33. The molecule has 1 atom stereocenters. The Balaban J connectivity index is 1.39. The van der Waals surface area contributed by atoms with Crippen LogP contribution in [0.3, 0.4) is 0 Å². The van der Waals surface area contributed by atoms with Crippen molar-refractivity contribution in [1.82, 2.24) is 19.9 Å². The van der Waals surface area contributed by atoms with E-state index in [0.717, 1.165) is 40.7 Å². The van der Waals surface area contributed by atoms with Crippen LogP contribution in [0.25, 0.3) is 22.3 Å². The second-order valence-electron chi connectivity index (χ2n) is 10.6. The molecule has 9 heteroatoms. The molecule has 38 heavy (non-hydrogen) atoms. The summed E-state index contributed by atoms with van der Waals surface area (Å²) in [6.07, 6.45) is 3.32. The third kappa shape index (κ3) is 5.91. The largest absolute Gasteiger partial charge is 0.444 e. The molecule has 198 valence electrons. The molecule has 3 aromatic heterocycles. The van der Waals surface area contributed by atoms with Gasteiger partial charge in [-0.3, -0.25) is 0 Å². The first-order valence-electron chi connectivity index (χ1n) is 12.8. The zero-order chi connectivity index (χ0) is 26.9. The van der Waals surface area contributed by atoms with Gasteiger partial charge in [0.05, 0.1) is 10.7 Å². The SMILES string of the molecule is CC(C)(C)OC(=O)N1CCCC(c2cc3c(-c4nc(NCc5ccc(F)cc5)ccc4Cl)ccnc3[nH]2)C1. The quantitative estimate of drug-likeness (QED) is 0.283. The minimum atomic E-state index is -0.529. The fourth-order valence-electron chi connectivity index (χ4n) is 4.72. The van der Waals surface area contributed by atoms with Crippen LogP contribution in [0.5, 0.6) is 0 Å². The van der Waals surface area contributed by atoms with E-state index in [2.05, 4.69) is 21.4 Å². The van der Waals surface area contributed by atoms with E-state index in [1.165, 1.54) is 12.1 Å². The number of likely N-dealkylation sites (tertiary alicyclic amines) is 1. The highest BCUT2D eigenvalue weighted by Gasteiger charge is 2.29. The number of hydrogen-bond acceptors (Lipinski definition) is 5. The Kier molecular flexibility index (Phi) is 7.25. The number of fused-ring (bicyclic) bond motifs is 1. The molecule has 1 fully saturated rings. The van der Waals surface area contributed by atoms with Crippen LogP contribution >= 0.6 is 11.6 Å². The number of hydrogen-bond donors (Lipinski definition) is 2. The van der Waals surface area contributed by atoms with E-state index in [9.17, 15) is 9.18 Å². The molecule has 7 nitrogen and oxygen atoms in total. The lowest BCUT2D eigenvalue weighted by atomic mass is 9.94. The molecule has 2 N–H and O–H groups in total. The highest BCUT2D eigenvalue weighted by Crippen LogP contribution is 2.35. The number of anilines is 1. The van der Waals surface area contributed by atoms with E-state index >= 15 is 0 Å². The van der Waals surface area contributed by atoms with Gasteiger partial charge in [-0.1, -0.05) is 23.7 Å². The number of nitrogens with zero attached hydrogens (tertiary/aromatic N) is 3. The number of piperidine rings is 1. The molecule has 1 saturated heterocycles. The first-order chi connectivity index (χ1) is 18.2. The van der Waals surface area contributed by atoms with E-state index < -0.39 is 5.60 Å². The molecule has 0 bridgehead atoms. The molecule has 1 amide bonds. The first kappa shape index (κ1) is 26.0. The summed E-state index contributed by atoms with van der Waals surface area (Å²) in [5, 5.41) is 4.74. The number of carbonyl (C=O) groups excluding carboxylic acids is 1. The number of aromatic nitrogens is 3. The molecule has 0 aliphatic carbocycles. The third-order valence-electron chi connectivity index (χ3n) is 6.55. The lowest BCUT2D eigenvalue weighted by Gasteiger charge is -2.33. The van der Waals surface area contributed by atoms with Crippen molar-refractivity contribution in [2.45, 2.75) is 51.7 Å². The summed E-state index contributed by atoms with van der Waals surface area (Å²) in [4.78, 5) is 27.2. The zero-order valence-electron chi connectivity index (χ0n) is 21.7. The van der Waals surface area contributed by atoms with Crippen molar-refractivity contribution in [2.75, 3.05) is 18.4 Å². The van der Waals surface area contributed by atoms with Crippen molar-refractivity contribution in [1.29, 1.82) is 0 Å². The predicted molar refractivity (Wildman–Crippen MR) is 148 cm³/mol. The van der Waals surface area contributed by atoms with Crippen molar-refractivity contribution < 1.29 is 13.9 Å². The van der Waals surface area contributed by atoms with Gasteiger partial charge in [-0.05, 0) is 75.6 Å². The maximum atomic E-state index is 13.2. The Morgan fingerprint density at radius 2 is 2.00 bits per heavy atom. The predicted octanol–water partition coefficient (Wildman–Crippen LogP) is 7.14. The number of nitrogens with one attached hydrogen (secondary N) is 2. The number of H-pyrrole nitrogens is 1. The highest BCUT2D eigenvalue weighted by atomic mass is 35.5.